The number of carbonyl (C=O) groups is 4. The second-order valence-corrected chi connectivity index (χ2v) is 10.8. The highest BCUT2D eigenvalue weighted by Crippen LogP contribution is 2.53. The lowest BCUT2D eigenvalue weighted by Crippen LogP contribution is -2.63. The summed E-state index contributed by atoms with van der Waals surface area (Å²) in [6.07, 6.45) is 0.0336. The number of allylic oxidation sites excluding steroid dienone is 1. The Balaban J connectivity index is 1.72. The van der Waals surface area contributed by atoms with E-state index in [1.54, 1.807) is 26.2 Å². The number of hydrogen-bond donors (Lipinski definition) is 6. The first-order chi connectivity index (χ1) is 19.2. The van der Waals surface area contributed by atoms with Crippen molar-refractivity contribution in [3.63, 3.8) is 0 Å². The SMILES string of the molecule is COC(=O)c1cc(N)cc(-c2ccc(O)c3c2C[C@H]2C[C@H]4[C@@H](N(C)C)C(O)=C(C(N)=O)C(=O)[C@]4(O)C(O)=C2C3=O)c1. The highest BCUT2D eigenvalue weighted by Gasteiger charge is 2.63. The fraction of sp³-hybridized carbons (Fsp3) is 0.310. The van der Waals surface area contributed by atoms with Gasteiger partial charge >= 0.3 is 5.97 Å². The highest BCUT2D eigenvalue weighted by atomic mass is 16.5. The van der Waals surface area contributed by atoms with Gasteiger partial charge in [0.05, 0.1) is 24.3 Å². The Morgan fingerprint density at radius 2 is 1.78 bits per heavy atom. The maximum absolute atomic E-state index is 13.9. The number of Topliss-reactive ketones (excluding diaryl/α,β-unsaturated/α-hetero) is 2. The van der Waals surface area contributed by atoms with Crippen LogP contribution in [0.4, 0.5) is 5.69 Å². The van der Waals surface area contributed by atoms with Gasteiger partial charge in [-0.25, -0.2) is 4.79 Å². The van der Waals surface area contributed by atoms with Gasteiger partial charge in [0, 0.05) is 17.2 Å². The summed E-state index contributed by atoms with van der Waals surface area (Å²) >= 11 is 0. The van der Waals surface area contributed by atoms with Crippen molar-refractivity contribution >= 4 is 29.1 Å². The Labute approximate surface area is 234 Å². The first kappa shape index (κ1) is 27.9. The zero-order valence-corrected chi connectivity index (χ0v) is 22.5. The number of nitrogen functional groups attached to an aromatic ring is 1. The van der Waals surface area contributed by atoms with E-state index in [-0.39, 0.29) is 35.2 Å². The van der Waals surface area contributed by atoms with E-state index < -0.39 is 69.8 Å². The van der Waals surface area contributed by atoms with Gasteiger partial charge in [-0.3, -0.25) is 19.3 Å². The molecule has 41 heavy (non-hydrogen) atoms. The largest absolute Gasteiger partial charge is 0.510 e. The number of hydrogen-bond acceptors (Lipinski definition) is 11. The minimum absolute atomic E-state index is 0.0504. The number of primary amides is 1. The fourth-order valence-corrected chi connectivity index (χ4v) is 6.56. The third-order valence-electron chi connectivity index (χ3n) is 8.29. The number of methoxy groups -OCH3 is 1. The number of amides is 1. The zero-order valence-electron chi connectivity index (χ0n) is 22.5. The number of phenolic OH excluding ortho intramolecular Hbond substituents is 1. The molecule has 12 heteroatoms. The molecule has 3 aliphatic rings. The predicted octanol–water partition coefficient (Wildman–Crippen LogP) is 1.16. The van der Waals surface area contributed by atoms with Gasteiger partial charge in [0.1, 0.15) is 22.8 Å². The molecule has 3 aliphatic carbocycles. The van der Waals surface area contributed by atoms with Crippen LogP contribution < -0.4 is 11.5 Å². The Bertz CT molecular complexity index is 1620. The first-order valence-electron chi connectivity index (χ1n) is 12.7. The van der Waals surface area contributed by atoms with Crippen LogP contribution in [0.5, 0.6) is 5.75 Å². The molecule has 0 unspecified atom stereocenters. The van der Waals surface area contributed by atoms with Crippen molar-refractivity contribution in [1.29, 1.82) is 0 Å². The maximum atomic E-state index is 13.9. The summed E-state index contributed by atoms with van der Waals surface area (Å²) in [6.45, 7) is 0. The van der Waals surface area contributed by atoms with Crippen LogP contribution >= 0.6 is 0 Å². The molecule has 8 N–H and O–H groups in total. The second-order valence-electron chi connectivity index (χ2n) is 10.8. The monoisotopic (exact) mass is 563 g/mol. The van der Waals surface area contributed by atoms with Gasteiger partial charge in [0.25, 0.3) is 5.91 Å². The van der Waals surface area contributed by atoms with Gasteiger partial charge < -0.3 is 36.6 Å². The van der Waals surface area contributed by atoms with Gasteiger partial charge in [-0.1, -0.05) is 6.07 Å². The molecule has 0 heterocycles. The topological polar surface area (TPSA) is 214 Å². The minimum Gasteiger partial charge on any atom is -0.510 e. The average molecular weight is 564 g/mol. The lowest BCUT2D eigenvalue weighted by atomic mass is 9.58. The van der Waals surface area contributed by atoms with E-state index in [1.807, 2.05) is 0 Å². The summed E-state index contributed by atoms with van der Waals surface area (Å²) < 4.78 is 4.81. The van der Waals surface area contributed by atoms with Crippen molar-refractivity contribution in [1.82, 2.24) is 4.90 Å². The molecule has 0 spiro atoms. The van der Waals surface area contributed by atoms with Crippen molar-refractivity contribution in [3.8, 4) is 16.9 Å². The summed E-state index contributed by atoms with van der Waals surface area (Å²) in [5, 5.41) is 44.8. The number of esters is 1. The molecule has 0 bridgehead atoms. The molecular weight excluding hydrogens is 534 g/mol. The summed E-state index contributed by atoms with van der Waals surface area (Å²) in [6, 6.07) is 6.34. The third kappa shape index (κ3) is 3.90. The maximum Gasteiger partial charge on any atom is 0.337 e. The quantitative estimate of drug-likeness (QED) is 0.176. The standard InChI is InChI=1S/C29H29N3O9/c1-32(2)22-17-10-12-9-16-15(11-6-13(28(39)41-3)8-14(30)7-11)4-5-18(33)20(16)23(34)19(12)25(36)29(17,40)26(37)21(24(22)35)27(31)38/h4-8,12,17,22,33,35-36,40H,9-10,30H2,1-3H3,(H2,31,38)/t12-,17-,22+,29+/m0/s1. The van der Waals surface area contributed by atoms with E-state index in [1.165, 1.54) is 30.2 Å². The van der Waals surface area contributed by atoms with Crippen molar-refractivity contribution in [3.05, 3.63) is 69.7 Å². The normalized spacial score (nSPS) is 25.5. The molecule has 0 aliphatic heterocycles. The summed E-state index contributed by atoms with van der Waals surface area (Å²) in [5.41, 5.74) is 9.21. The highest BCUT2D eigenvalue weighted by molar-refractivity contribution is 6.25. The van der Waals surface area contributed by atoms with E-state index in [2.05, 4.69) is 0 Å². The molecule has 12 nitrogen and oxygen atoms in total. The number of aliphatic hydroxyl groups excluding tert-OH is 2. The smallest absolute Gasteiger partial charge is 0.337 e. The van der Waals surface area contributed by atoms with Crippen LogP contribution in [0.1, 0.15) is 32.7 Å². The average Bonchev–Trinajstić information content (AvgIpc) is 2.89. The molecule has 0 saturated heterocycles. The van der Waals surface area contributed by atoms with Crippen molar-refractivity contribution in [2.45, 2.75) is 24.5 Å². The van der Waals surface area contributed by atoms with Crippen LogP contribution in [0, 0.1) is 11.8 Å². The molecule has 4 atom stereocenters. The number of rotatable bonds is 4. The third-order valence-corrected chi connectivity index (χ3v) is 8.29. The number of ether oxygens (including phenoxy) is 1. The van der Waals surface area contributed by atoms with Gasteiger partial charge in [0.2, 0.25) is 5.78 Å². The van der Waals surface area contributed by atoms with Crippen molar-refractivity contribution < 1.29 is 44.3 Å². The second kappa shape index (κ2) is 9.46. The summed E-state index contributed by atoms with van der Waals surface area (Å²) in [7, 11) is 4.34. The van der Waals surface area contributed by atoms with E-state index in [9.17, 15) is 39.6 Å². The Hall–Kier alpha value is -4.68. The number of benzene rings is 2. The van der Waals surface area contributed by atoms with Gasteiger partial charge in [-0.15, -0.1) is 0 Å². The molecular formula is C29H29N3O9. The molecule has 214 valence electrons. The number of nitrogens with two attached hydrogens (primary N) is 2. The number of aliphatic hydroxyl groups is 3. The van der Waals surface area contributed by atoms with Crippen LogP contribution in [0.25, 0.3) is 11.1 Å². The van der Waals surface area contributed by atoms with Crippen LogP contribution in [0.15, 0.2) is 53.0 Å². The summed E-state index contributed by atoms with van der Waals surface area (Å²) in [4.78, 5) is 53.1. The number of ketones is 2. The molecule has 1 amide bonds. The van der Waals surface area contributed by atoms with Crippen LogP contribution in [-0.4, -0.2) is 81.6 Å². The van der Waals surface area contributed by atoms with Gasteiger partial charge in [0.15, 0.2) is 11.4 Å². The fourth-order valence-electron chi connectivity index (χ4n) is 6.56. The number of nitrogens with zero attached hydrogens (tertiary/aromatic N) is 1. The number of anilines is 1. The van der Waals surface area contributed by atoms with Crippen molar-refractivity contribution in [2.75, 3.05) is 26.9 Å². The van der Waals surface area contributed by atoms with Gasteiger partial charge in [-0.2, -0.15) is 0 Å². The molecule has 2 aromatic rings. The van der Waals surface area contributed by atoms with Crippen LogP contribution in [0.3, 0.4) is 0 Å². The number of aromatic hydroxyl groups is 1. The number of fused-ring (bicyclic) bond motifs is 3. The Morgan fingerprint density at radius 3 is 2.39 bits per heavy atom. The number of likely N-dealkylation sites (N-methyl/N-ethyl adjacent to an activating group) is 1. The van der Waals surface area contributed by atoms with E-state index in [0.717, 1.165) is 0 Å². The zero-order chi connectivity index (χ0) is 30.1. The first-order valence-corrected chi connectivity index (χ1v) is 12.7. The minimum atomic E-state index is -2.72. The molecule has 0 saturated carbocycles. The van der Waals surface area contributed by atoms with Gasteiger partial charge in [-0.05, 0) is 73.8 Å². The molecule has 0 radical (unpaired) electrons. The lowest BCUT2D eigenvalue weighted by Gasteiger charge is -2.50. The predicted molar refractivity (Wildman–Crippen MR) is 145 cm³/mol. The molecule has 2 aromatic carbocycles. The molecule has 5 rings (SSSR count). The van der Waals surface area contributed by atoms with Crippen LogP contribution in [0.2, 0.25) is 0 Å². The number of phenols is 1. The lowest BCUT2D eigenvalue weighted by molar-refractivity contribution is -0.148. The van der Waals surface area contributed by atoms with Crippen molar-refractivity contribution in [2.24, 2.45) is 17.6 Å². The van der Waals surface area contributed by atoms with E-state index in [0.29, 0.717) is 16.7 Å². The van der Waals surface area contributed by atoms with E-state index in [4.69, 9.17) is 16.2 Å². The molecule has 0 fully saturated rings. The van der Waals surface area contributed by atoms with E-state index >= 15 is 0 Å². The number of carbonyl (C=O) groups excluding carboxylic acids is 4. The van der Waals surface area contributed by atoms with Crippen LogP contribution in [-0.2, 0) is 20.7 Å². The molecule has 0 aromatic heterocycles. The summed E-state index contributed by atoms with van der Waals surface area (Å²) in [5.74, 6) is -7.91. The Kier molecular flexibility index (Phi) is 6.43. The Morgan fingerprint density at radius 1 is 1.10 bits per heavy atom.